The first-order valence-corrected chi connectivity index (χ1v) is 11.8. The van der Waals surface area contributed by atoms with Crippen molar-refractivity contribution in [3.8, 4) is 0 Å². The van der Waals surface area contributed by atoms with E-state index in [1.54, 1.807) is 0 Å². The van der Waals surface area contributed by atoms with E-state index in [4.69, 9.17) is 28.9 Å². The largest absolute Gasteiger partial charge is 0.399 e. The van der Waals surface area contributed by atoms with Gasteiger partial charge in [0.2, 0.25) is 0 Å². The van der Waals surface area contributed by atoms with Crippen LogP contribution in [0.5, 0.6) is 0 Å². The lowest BCUT2D eigenvalue weighted by Gasteiger charge is -2.15. The molecule has 7 nitrogen and oxygen atoms in total. The molecular weight excluding hydrogens is 457 g/mol. The minimum Gasteiger partial charge on any atom is -0.399 e. The van der Waals surface area contributed by atoms with Gasteiger partial charge in [-0.15, -0.1) is 0 Å². The van der Waals surface area contributed by atoms with Crippen molar-refractivity contribution < 1.29 is 16.8 Å². The van der Waals surface area contributed by atoms with Crippen molar-refractivity contribution >= 4 is 60.3 Å². The Bertz CT molecular complexity index is 1250. The van der Waals surface area contributed by atoms with Crippen LogP contribution in [0.15, 0.2) is 76.5 Å². The Morgan fingerprint density at radius 1 is 0.621 bits per heavy atom. The van der Waals surface area contributed by atoms with Gasteiger partial charge in [0.25, 0.3) is 20.0 Å². The van der Waals surface area contributed by atoms with Crippen LogP contribution in [0.25, 0.3) is 0 Å². The van der Waals surface area contributed by atoms with E-state index in [1.807, 2.05) is 0 Å². The summed E-state index contributed by atoms with van der Waals surface area (Å²) >= 11 is 11.6. The SMILES string of the molecule is Nc1ccc(NS(=O)(=O)c2ccc(Cl)cc2)c(NS(=O)(=O)c2ccc(Cl)cc2)c1. The van der Waals surface area contributed by atoms with Crippen LogP contribution < -0.4 is 15.2 Å². The van der Waals surface area contributed by atoms with Gasteiger partial charge < -0.3 is 5.73 Å². The quantitative estimate of drug-likeness (QED) is 0.465. The molecule has 3 rings (SSSR count). The molecule has 0 saturated heterocycles. The van der Waals surface area contributed by atoms with Crippen LogP contribution in [-0.4, -0.2) is 16.8 Å². The number of nitrogen functional groups attached to an aromatic ring is 1. The fraction of sp³-hybridized carbons (Fsp3) is 0. The van der Waals surface area contributed by atoms with Crippen molar-refractivity contribution in [2.24, 2.45) is 0 Å². The topological polar surface area (TPSA) is 118 Å². The zero-order chi connectivity index (χ0) is 21.2. The smallest absolute Gasteiger partial charge is 0.261 e. The number of sulfonamides is 2. The van der Waals surface area contributed by atoms with Crippen LogP contribution >= 0.6 is 23.2 Å². The van der Waals surface area contributed by atoms with Crippen molar-refractivity contribution in [3.63, 3.8) is 0 Å². The summed E-state index contributed by atoms with van der Waals surface area (Å²) in [5, 5.41) is 0.761. The summed E-state index contributed by atoms with van der Waals surface area (Å²) in [6, 6.07) is 15.2. The molecule has 0 atom stereocenters. The molecule has 4 N–H and O–H groups in total. The van der Waals surface area contributed by atoms with E-state index in [-0.39, 0.29) is 26.9 Å². The van der Waals surface area contributed by atoms with Gasteiger partial charge in [0.15, 0.2) is 0 Å². The van der Waals surface area contributed by atoms with Crippen LogP contribution in [0.2, 0.25) is 10.0 Å². The monoisotopic (exact) mass is 471 g/mol. The Kier molecular flexibility index (Phi) is 5.95. The van der Waals surface area contributed by atoms with Crippen molar-refractivity contribution in [3.05, 3.63) is 76.8 Å². The van der Waals surface area contributed by atoms with Gasteiger partial charge in [-0.1, -0.05) is 23.2 Å². The maximum absolute atomic E-state index is 12.7. The predicted octanol–water partition coefficient (Wildman–Crippen LogP) is 4.18. The van der Waals surface area contributed by atoms with E-state index in [9.17, 15) is 16.8 Å². The van der Waals surface area contributed by atoms with Gasteiger partial charge in [-0.05, 0) is 66.7 Å². The molecule has 0 amide bonds. The highest BCUT2D eigenvalue weighted by molar-refractivity contribution is 7.93. The zero-order valence-corrected chi connectivity index (χ0v) is 17.8. The first-order valence-electron chi connectivity index (χ1n) is 8.03. The second kappa shape index (κ2) is 8.11. The van der Waals surface area contributed by atoms with Crippen molar-refractivity contribution in [2.75, 3.05) is 15.2 Å². The van der Waals surface area contributed by atoms with Crippen molar-refractivity contribution in [2.45, 2.75) is 9.79 Å². The lowest BCUT2D eigenvalue weighted by atomic mass is 10.2. The molecule has 11 heteroatoms. The third-order valence-corrected chi connectivity index (χ3v) is 7.05. The molecule has 0 radical (unpaired) electrons. The van der Waals surface area contributed by atoms with E-state index in [0.29, 0.717) is 10.0 Å². The third-order valence-electron chi connectivity index (χ3n) is 3.78. The van der Waals surface area contributed by atoms with Crippen LogP contribution in [0.4, 0.5) is 17.1 Å². The second-order valence-corrected chi connectivity index (χ2v) is 10.2. The molecule has 0 heterocycles. The summed E-state index contributed by atoms with van der Waals surface area (Å²) in [6.07, 6.45) is 0. The molecule has 0 bridgehead atoms. The molecule has 0 fully saturated rings. The number of rotatable bonds is 6. The summed E-state index contributed by atoms with van der Waals surface area (Å²) in [6.45, 7) is 0. The third kappa shape index (κ3) is 5.13. The average Bonchev–Trinajstić information content (AvgIpc) is 2.64. The molecule has 0 saturated carbocycles. The number of benzene rings is 3. The molecule has 3 aromatic rings. The fourth-order valence-electron chi connectivity index (χ4n) is 2.37. The summed E-state index contributed by atoms with van der Waals surface area (Å²) in [7, 11) is -8.00. The number of nitrogens with two attached hydrogens (primary N) is 1. The Balaban J connectivity index is 1.96. The molecule has 0 spiro atoms. The van der Waals surface area contributed by atoms with Gasteiger partial charge in [-0.25, -0.2) is 16.8 Å². The highest BCUT2D eigenvalue weighted by atomic mass is 35.5. The molecule has 0 aromatic heterocycles. The van der Waals surface area contributed by atoms with E-state index in [1.165, 1.54) is 66.7 Å². The van der Waals surface area contributed by atoms with Crippen LogP contribution in [-0.2, 0) is 20.0 Å². The van der Waals surface area contributed by atoms with E-state index < -0.39 is 20.0 Å². The van der Waals surface area contributed by atoms with Gasteiger partial charge in [0, 0.05) is 15.7 Å². The van der Waals surface area contributed by atoms with Gasteiger partial charge >= 0.3 is 0 Å². The highest BCUT2D eigenvalue weighted by Gasteiger charge is 2.20. The maximum atomic E-state index is 12.7. The lowest BCUT2D eigenvalue weighted by Crippen LogP contribution is -2.17. The summed E-state index contributed by atoms with van der Waals surface area (Å²) in [5.41, 5.74) is 5.97. The predicted molar refractivity (Wildman–Crippen MR) is 115 cm³/mol. The van der Waals surface area contributed by atoms with E-state index in [0.717, 1.165) is 0 Å². The lowest BCUT2D eigenvalue weighted by molar-refractivity contribution is 0.599. The van der Waals surface area contributed by atoms with Crippen LogP contribution in [0.3, 0.4) is 0 Å². The van der Waals surface area contributed by atoms with E-state index in [2.05, 4.69) is 9.44 Å². The maximum Gasteiger partial charge on any atom is 0.261 e. The molecular formula is C18H15Cl2N3O4S2. The summed E-state index contributed by atoms with van der Waals surface area (Å²) in [5.74, 6) is 0. The van der Waals surface area contributed by atoms with Gasteiger partial charge in [0.05, 0.1) is 21.2 Å². The average molecular weight is 472 g/mol. The minimum absolute atomic E-state index is 0.00619. The number of hydrogen-bond acceptors (Lipinski definition) is 5. The molecule has 0 aliphatic carbocycles. The van der Waals surface area contributed by atoms with Gasteiger partial charge in [-0.2, -0.15) is 0 Å². The second-order valence-electron chi connectivity index (χ2n) is 5.92. The normalized spacial score (nSPS) is 11.8. The number of nitrogens with one attached hydrogen (secondary N) is 2. The Hall–Kier alpha value is -2.46. The van der Waals surface area contributed by atoms with Gasteiger partial charge in [0.1, 0.15) is 0 Å². The first kappa shape index (κ1) is 21.3. The molecule has 3 aromatic carbocycles. The fourth-order valence-corrected chi connectivity index (χ4v) is 4.77. The number of anilines is 3. The Morgan fingerprint density at radius 2 is 1.03 bits per heavy atom. The number of halogens is 2. The Morgan fingerprint density at radius 3 is 1.48 bits per heavy atom. The van der Waals surface area contributed by atoms with E-state index >= 15 is 0 Å². The summed E-state index contributed by atoms with van der Waals surface area (Å²) in [4.78, 5) is -0.0823. The highest BCUT2D eigenvalue weighted by Crippen LogP contribution is 2.29. The number of hydrogen-bond donors (Lipinski definition) is 3. The Labute approximate surface area is 178 Å². The standard InChI is InChI=1S/C18H15Cl2N3O4S2/c19-12-1-6-15(7-2-12)28(24,25)22-17-10-5-14(21)11-18(17)23-29(26,27)16-8-3-13(20)4-9-16/h1-11,22-23H,21H2. The molecule has 0 aliphatic rings. The molecule has 0 unspecified atom stereocenters. The molecule has 29 heavy (non-hydrogen) atoms. The molecule has 0 aliphatic heterocycles. The summed E-state index contributed by atoms with van der Waals surface area (Å²) < 4.78 is 55.3. The van der Waals surface area contributed by atoms with Crippen LogP contribution in [0.1, 0.15) is 0 Å². The zero-order valence-electron chi connectivity index (χ0n) is 14.6. The van der Waals surface area contributed by atoms with Crippen molar-refractivity contribution in [1.82, 2.24) is 0 Å². The first-order chi connectivity index (χ1) is 13.6. The van der Waals surface area contributed by atoms with Crippen molar-refractivity contribution in [1.29, 1.82) is 0 Å². The molecule has 152 valence electrons. The van der Waals surface area contributed by atoms with Crippen LogP contribution in [0, 0.1) is 0 Å². The minimum atomic E-state index is -4.01. The van der Waals surface area contributed by atoms with Gasteiger partial charge in [-0.3, -0.25) is 9.44 Å².